The normalized spacial score (nSPS) is 12.6. The number of rotatable bonds is 2. The van der Waals surface area contributed by atoms with Crippen LogP contribution in [0.1, 0.15) is 16.1 Å². The first-order chi connectivity index (χ1) is 5.65. The van der Waals surface area contributed by atoms with Crippen molar-refractivity contribution < 1.29 is 4.79 Å². The maximum absolute atomic E-state index is 10.4. The molecule has 0 saturated carbocycles. The van der Waals surface area contributed by atoms with Crippen LogP contribution in [0.15, 0.2) is 16.7 Å². The second-order valence-electron chi connectivity index (χ2n) is 2.39. The average molecular weight is 293 g/mol. The number of aromatic nitrogens is 1. The summed E-state index contributed by atoms with van der Waals surface area (Å²) in [5.74, 6) is 0. The van der Waals surface area contributed by atoms with Crippen LogP contribution < -0.4 is 0 Å². The Balaban J connectivity index is 3.09. The first-order valence-electron chi connectivity index (χ1n) is 3.36. The van der Waals surface area contributed by atoms with E-state index in [2.05, 4.69) is 36.8 Å². The Morgan fingerprint density at radius 3 is 2.83 bits per heavy atom. The van der Waals surface area contributed by atoms with E-state index in [4.69, 9.17) is 0 Å². The molecule has 0 aromatic carbocycles. The molecule has 0 saturated heterocycles. The van der Waals surface area contributed by atoms with Crippen LogP contribution in [-0.4, -0.2) is 11.3 Å². The molecule has 0 aliphatic rings. The van der Waals surface area contributed by atoms with E-state index in [-0.39, 0.29) is 4.83 Å². The zero-order valence-electron chi connectivity index (χ0n) is 6.42. The van der Waals surface area contributed by atoms with Crippen LogP contribution >= 0.6 is 31.9 Å². The van der Waals surface area contributed by atoms with Crippen molar-refractivity contribution in [1.82, 2.24) is 4.98 Å². The fourth-order valence-corrected chi connectivity index (χ4v) is 1.83. The van der Waals surface area contributed by atoms with Gasteiger partial charge in [-0.1, -0.05) is 15.9 Å². The van der Waals surface area contributed by atoms with Gasteiger partial charge in [-0.3, -0.25) is 4.98 Å². The minimum Gasteiger partial charge on any atom is -0.302 e. The number of nitrogens with zero attached hydrogens (tertiary/aromatic N) is 1. The van der Waals surface area contributed by atoms with Crippen molar-refractivity contribution in [3.8, 4) is 0 Å². The van der Waals surface area contributed by atoms with E-state index in [9.17, 15) is 4.79 Å². The summed E-state index contributed by atoms with van der Waals surface area (Å²) < 4.78 is 0.925. The smallest absolute Gasteiger partial charge is 0.139 e. The zero-order valence-corrected chi connectivity index (χ0v) is 9.59. The number of hydrogen-bond donors (Lipinski definition) is 0. The summed E-state index contributed by atoms with van der Waals surface area (Å²) in [5.41, 5.74) is 1.77. The van der Waals surface area contributed by atoms with E-state index in [0.29, 0.717) is 0 Å². The lowest BCUT2D eigenvalue weighted by Gasteiger charge is -2.05. The van der Waals surface area contributed by atoms with Gasteiger partial charge in [0.2, 0.25) is 0 Å². The van der Waals surface area contributed by atoms with Crippen LogP contribution in [0.4, 0.5) is 0 Å². The Morgan fingerprint density at radius 1 is 1.67 bits per heavy atom. The summed E-state index contributed by atoms with van der Waals surface area (Å²) in [4.78, 5) is 14.3. The van der Waals surface area contributed by atoms with Crippen LogP contribution in [0.2, 0.25) is 0 Å². The highest BCUT2D eigenvalue weighted by Crippen LogP contribution is 2.23. The van der Waals surface area contributed by atoms with Gasteiger partial charge in [-0.25, -0.2) is 0 Å². The molecule has 0 bridgehead atoms. The number of hydrogen-bond acceptors (Lipinski definition) is 2. The molecule has 64 valence electrons. The molecular weight excluding hydrogens is 286 g/mol. The lowest BCUT2D eigenvalue weighted by atomic mass is 10.2. The molecular formula is C8H7Br2NO. The second kappa shape index (κ2) is 4.14. The quantitative estimate of drug-likeness (QED) is 0.620. The van der Waals surface area contributed by atoms with Crippen molar-refractivity contribution >= 4 is 38.1 Å². The van der Waals surface area contributed by atoms with E-state index in [1.54, 1.807) is 6.20 Å². The van der Waals surface area contributed by atoms with Crippen LogP contribution in [-0.2, 0) is 4.79 Å². The maximum atomic E-state index is 10.4. The Hall–Kier alpha value is -0.220. The second-order valence-corrected chi connectivity index (χ2v) is 4.30. The average Bonchev–Trinajstić information content (AvgIpc) is 2.03. The Labute approximate surface area is 87.6 Å². The van der Waals surface area contributed by atoms with Gasteiger partial charge in [0, 0.05) is 10.7 Å². The molecule has 0 radical (unpaired) electrons. The number of aldehydes is 1. The minimum atomic E-state index is -0.300. The molecule has 0 N–H and O–H groups in total. The van der Waals surface area contributed by atoms with Crippen molar-refractivity contribution in [3.63, 3.8) is 0 Å². The van der Waals surface area contributed by atoms with Gasteiger partial charge >= 0.3 is 0 Å². The van der Waals surface area contributed by atoms with Crippen LogP contribution in [0.25, 0.3) is 0 Å². The molecule has 1 unspecified atom stereocenters. The molecule has 0 spiro atoms. The maximum Gasteiger partial charge on any atom is 0.139 e. The van der Waals surface area contributed by atoms with Crippen molar-refractivity contribution in [3.05, 3.63) is 28.0 Å². The SMILES string of the molecule is Cc1cc(Br)cnc1C(Br)C=O. The molecule has 1 atom stereocenters. The number of aryl methyl sites for hydroxylation is 1. The molecule has 1 aromatic rings. The number of halogens is 2. The third-order valence-electron chi connectivity index (χ3n) is 1.47. The lowest BCUT2D eigenvalue weighted by molar-refractivity contribution is -0.107. The molecule has 4 heteroatoms. The van der Waals surface area contributed by atoms with E-state index in [0.717, 1.165) is 22.0 Å². The van der Waals surface area contributed by atoms with E-state index >= 15 is 0 Å². The Kier molecular flexibility index (Phi) is 3.40. The first kappa shape index (κ1) is 9.86. The monoisotopic (exact) mass is 291 g/mol. The number of carbonyl (C=O) groups excluding carboxylic acids is 1. The van der Waals surface area contributed by atoms with E-state index < -0.39 is 0 Å². The number of carbonyl (C=O) groups is 1. The molecule has 1 heterocycles. The third kappa shape index (κ3) is 2.14. The summed E-state index contributed by atoms with van der Waals surface area (Å²) in [6, 6.07) is 1.93. The van der Waals surface area contributed by atoms with Gasteiger partial charge in [-0.2, -0.15) is 0 Å². The summed E-state index contributed by atoms with van der Waals surface area (Å²) >= 11 is 6.52. The fourth-order valence-electron chi connectivity index (χ4n) is 0.904. The first-order valence-corrected chi connectivity index (χ1v) is 5.07. The minimum absolute atomic E-state index is 0.300. The van der Waals surface area contributed by atoms with Crippen molar-refractivity contribution in [1.29, 1.82) is 0 Å². The van der Waals surface area contributed by atoms with E-state index in [1.807, 2.05) is 13.0 Å². The molecule has 0 amide bonds. The molecule has 1 aromatic heterocycles. The van der Waals surface area contributed by atoms with Crippen molar-refractivity contribution in [2.45, 2.75) is 11.8 Å². The summed E-state index contributed by atoms with van der Waals surface area (Å²) in [5, 5.41) is 0. The zero-order chi connectivity index (χ0) is 9.14. The van der Waals surface area contributed by atoms with Gasteiger partial charge in [-0.15, -0.1) is 0 Å². The van der Waals surface area contributed by atoms with E-state index in [1.165, 1.54) is 0 Å². The van der Waals surface area contributed by atoms with Crippen LogP contribution in [0.5, 0.6) is 0 Å². The topological polar surface area (TPSA) is 30.0 Å². The molecule has 2 nitrogen and oxygen atoms in total. The lowest BCUT2D eigenvalue weighted by Crippen LogP contribution is -1.97. The Bertz CT molecular complexity index is 301. The molecule has 1 rings (SSSR count). The molecule has 12 heavy (non-hydrogen) atoms. The fraction of sp³-hybridized carbons (Fsp3) is 0.250. The highest BCUT2D eigenvalue weighted by atomic mass is 79.9. The Morgan fingerprint density at radius 2 is 2.33 bits per heavy atom. The van der Waals surface area contributed by atoms with Crippen molar-refractivity contribution in [2.75, 3.05) is 0 Å². The van der Waals surface area contributed by atoms with Gasteiger partial charge in [-0.05, 0) is 34.5 Å². The van der Waals surface area contributed by atoms with Gasteiger partial charge < -0.3 is 4.79 Å². The molecule has 0 aliphatic carbocycles. The predicted molar refractivity (Wildman–Crippen MR) is 54.4 cm³/mol. The highest BCUT2D eigenvalue weighted by molar-refractivity contribution is 9.10. The van der Waals surface area contributed by atoms with Gasteiger partial charge in [0.1, 0.15) is 11.1 Å². The van der Waals surface area contributed by atoms with Crippen molar-refractivity contribution in [2.24, 2.45) is 0 Å². The molecule has 0 aliphatic heterocycles. The number of alkyl halides is 1. The van der Waals surface area contributed by atoms with Gasteiger partial charge in [0.15, 0.2) is 0 Å². The predicted octanol–water partition coefficient (Wildman–Crippen LogP) is 2.79. The van der Waals surface area contributed by atoms with Crippen LogP contribution in [0, 0.1) is 6.92 Å². The summed E-state index contributed by atoms with van der Waals surface area (Å²) in [6.07, 6.45) is 2.50. The largest absolute Gasteiger partial charge is 0.302 e. The highest BCUT2D eigenvalue weighted by Gasteiger charge is 2.09. The third-order valence-corrected chi connectivity index (χ3v) is 2.55. The summed E-state index contributed by atoms with van der Waals surface area (Å²) in [7, 11) is 0. The number of pyridine rings is 1. The molecule has 0 fully saturated rings. The van der Waals surface area contributed by atoms with Crippen LogP contribution in [0.3, 0.4) is 0 Å². The standard InChI is InChI=1S/C8H7Br2NO/c1-5-2-6(9)3-11-8(5)7(10)4-12/h2-4,7H,1H3. The summed E-state index contributed by atoms with van der Waals surface area (Å²) in [6.45, 7) is 1.92. The van der Waals surface area contributed by atoms with Gasteiger partial charge in [0.25, 0.3) is 0 Å². The van der Waals surface area contributed by atoms with Gasteiger partial charge in [0.05, 0.1) is 5.69 Å².